The van der Waals surface area contributed by atoms with Gasteiger partial charge < -0.3 is 4.90 Å². The highest BCUT2D eigenvalue weighted by molar-refractivity contribution is 6.06. The van der Waals surface area contributed by atoms with Crippen molar-refractivity contribution >= 4 is 11.9 Å². The molecule has 0 saturated carbocycles. The second kappa shape index (κ2) is 4.30. The normalized spacial score (nSPS) is 25.3. The lowest BCUT2D eigenvalue weighted by molar-refractivity contribution is -0.126. The van der Waals surface area contributed by atoms with E-state index in [-0.39, 0.29) is 11.9 Å². The third kappa shape index (κ3) is 1.94. The van der Waals surface area contributed by atoms with E-state index in [1.54, 1.807) is 6.92 Å². The molecule has 1 unspecified atom stereocenters. The highest BCUT2D eigenvalue weighted by Crippen LogP contribution is 2.25. The lowest BCUT2D eigenvalue weighted by Crippen LogP contribution is -2.46. The molecule has 0 radical (unpaired) electrons. The number of carbonyl (C=O) groups is 2. The summed E-state index contributed by atoms with van der Waals surface area (Å²) in [6.45, 7) is 4.07. The van der Waals surface area contributed by atoms with E-state index in [1.165, 1.54) is 4.90 Å². The minimum Gasteiger partial charge on any atom is -0.310 e. The first kappa shape index (κ1) is 11.5. The van der Waals surface area contributed by atoms with Crippen molar-refractivity contribution in [1.29, 1.82) is 5.26 Å². The molecule has 1 saturated heterocycles. The summed E-state index contributed by atoms with van der Waals surface area (Å²) in [7, 11) is 0. The van der Waals surface area contributed by atoms with Gasteiger partial charge in [-0.3, -0.25) is 10.1 Å². The van der Waals surface area contributed by atoms with Gasteiger partial charge in [0.1, 0.15) is 5.54 Å². The van der Waals surface area contributed by atoms with Crippen LogP contribution in [-0.4, -0.2) is 28.9 Å². The summed E-state index contributed by atoms with van der Waals surface area (Å²) >= 11 is 0. The quantitative estimate of drug-likeness (QED) is 0.554. The maximum absolute atomic E-state index is 11.5. The maximum Gasteiger partial charge on any atom is 0.325 e. The van der Waals surface area contributed by atoms with Crippen LogP contribution in [0.5, 0.6) is 0 Å². The van der Waals surface area contributed by atoms with Crippen LogP contribution in [-0.2, 0) is 4.79 Å². The third-order valence-electron chi connectivity index (χ3n) is 2.91. The van der Waals surface area contributed by atoms with Crippen molar-refractivity contribution in [2.45, 2.75) is 38.6 Å². The zero-order valence-electron chi connectivity index (χ0n) is 9.04. The fraction of sp³-hybridized carbons (Fsp3) is 0.700. The molecule has 1 aliphatic rings. The molecule has 1 N–H and O–H groups in total. The van der Waals surface area contributed by atoms with E-state index in [9.17, 15) is 9.59 Å². The van der Waals surface area contributed by atoms with Gasteiger partial charge in [-0.25, -0.2) is 4.79 Å². The monoisotopic (exact) mass is 209 g/mol. The molecule has 5 heteroatoms. The number of urea groups is 1. The first-order valence-corrected chi connectivity index (χ1v) is 5.06. The molecular weight excluding hydrogens is 194 g/mol. The molecule has 82 valence electrons. The predicted molar refractivity (Wildman–Crippen MR) is 53.8 cm³/mol. The van der Waals surface area contributed by atoms with Crippen molar-refractivity contribution in [2.24, 2.45) is 0 Å². The first-order chi connectivity index (χ1) is 7.06. The molecule has 1 heterocycles. The molecule has 0 aromatic heterocycles. The van der Waals surface area contributed by atoms with Crippen LogP contribution in [0.15, 0.2) is 0 Å². The van der Waals surface area contributed by atoms with Gasteiger partial charge in [-0.2, -0.15) is 5.26 Å². The van der Waals surface area contributed by atoms with Gasteiger partial charge in [-0.15, -0.1) is 0 Å². The average molecular weight is 209 g/mol. The van der Waals surface area contributed by atoms with Crippen molar-refractivity contribution in [3.8, 4) is 6.07 Å². The number of hydrogen-bond donors (Lipinski definition) is 1. The summed E-state index contributed by atoms with van der Waals surface area (Å²) in [6.07, 6.45) is 1.59. The summed E-state index contributed by atoms with van der Waals surface area (Å²) in [5.41, 5.74) is -0.744. The Labute approximate surface area is 89.0 Å². The van der Waals surface area contributed by atoms with Crippen LogP contribution >= 0.6 is 0 Å². The maximum atomic E-state index is 11.5. The van der Waals surface area contributed by atoms with Gasteiger partial charge in [-0.1, -0.05) is 6.92 Å². The number of rotatable bonds is 4. The number of nitrogens with one attached hydrogen (secondary N) is 1. The van der Waals surface area contributed by atoms with Gasteiger partial charge in [0.05, 0.1) is 6.07 Å². The lowest BCUT2D eigenvalue weighted by atomic mass is 9.97. The topological polar surface area (TPSA) is 73.2 Å². The van der Waals surface area contributed by atoms with Crippen molar-refractivity contribution in [3.63, 3.8) is 0 Å². The zero-order chi connectivity index (χ0) is 11.5. The molecule has 0 aromatic rings. The van der Waals surface area contributed by atoms with E-state index in [1.807, 2.05) is 13.0 Å². The van der Waals surface area contributed by atoms with Crippen LogP contribution in [0, 0.1) is 11.3 Å². The Hall–Kier alpha value is -1.57. The highest BCUT2D eigenvalue weighted by Gasteiger charge is 2.47. The van der Waals surface area contributed by atoms with Crippen LogP contribution in [0.25, 0.3) is 0 Å². The van der Waals surface area contributed by atoms with Crippen LogP contribution < -0.4 is 5.32 Å². The number of carbonyl (C=O) groups excluding carboxylic acids is 2. The Morgan fingerprint density at radius 1 is 1.53 bits per heavy atom. The number of nitriles is 1. The van der Waals surface area contributed by atoms with Gasteiger partial charge in [0.2, 0.25) is 0 Å². The molecule has 5 nitrogen and oxygen atoms in total. The largest absolute Gasteiger partial charge is 0.325 e. The van der Waals surface area contributed by atoms with Crippen LogP contribution in [0.2, 0.25) is 0 Å². The van der Waals surface area contributed by atoms with Crippen molar-refractivity contribution in [2.75, 3.05) is 6.54 Å². The second-order valence-electron chi connectivity index (χ2n) is 3.80. The van der Waals surface area contributed by atoms with E-state index < -0.39 is 5.54 Å². The number of unbranched alkanes of at least 4 members (excludes halogenated alkanes) is 1. The minimum atomic E-state index is -0.744. The van der Waals surface area contributed by atoms with Crippen molar-refractivity contribution < 1.29 is 9.59 Å². The molecule has 1 fully saturated rings. The van der Waals surface area contributed by atoms with Crippen molar-refractivity contribution in [1.82, 2.24) is 10.2 Å². The fourth-order valence-corrected chi connectivity index (χ4v) is 1.66. The molecule has 0 spiro atoms. The van der Waals surface area contributed by atoms with E-state index in [4.69, 9.17) is 5.26 Å². The Morgan fingerprint density at radius 3 is 2.73 bits per heavy atom. The standard InChI is InChI=1S/C10H15N3O2/c1-3-10(2)8(14)12-9(15)13(10)7-5-4-6-11/h3-5,7H2,1-2H3,(H,12,14,15). The van der Waals surface area contributed by atoms with E-state index in [0.29, 0.717) is 25.8 Å². The highest BCUT2D eigenvalue weighted by atomic mass is 16.2. The Morgan fingerprint density at radius 2 is 2.20 bits per heavy atom. The van der Waals surface area contributed by atoms with Gasteiger partial charge >= 0.3 is 6.03 Å². The summed E-state index contributed by atoms with van der Waals surface area (Å²) in [6, 6.07) is 1.67. The van der Waals surface area contributed by atoms with Crippen molar-refractivity contribution in [3.05, 3.63) is 0 Å². The van der Waals surface area contributed by atoms with Gasteiger partial charge in [0.15, 0.2) is 0 Å². The molecule has 0 aliphatic carbocycles. The molecular formula is C10H15N3O2. The molecule has 3 amide bonds. The van der Waals surface area contributed by atoms with Crippen LogP contribution in [0.1, 0.15) is 33.1 Å². The Balaban J connectivity index is 2.72. The number of amides is 3. The minimum absolute atomic E-state index is 0.244. The lowest BCUT2D eigenvalue weighted by Gasteiger charge is -2.30. The summed E-state index contributed by atoms with van der Waals surface area (Å²) < 4.78 is 0. The third-order valence-corrected chi connectivity index (χ3v) is 2.91. The molecule has 0 aromatic carbocycles. The summed E-state index contributed by atoms with van der Waals surface area (Å²) in [4.78, 5) is 24.5. The molecule has 1 rings (SSSR count). The predicted octanol–water partition coefficient (Wildman–Crippen LogP) is 1.01. The van der Waals surface area contributed by atoms with Gasteiger partial charge in [-0.05, 0) is 19.8 Å². The molecule has 15 heavy (non-hydrogen) atoms. The number of imide groups is 1. The van der Waals surface area contributed by atoms with E-state index in [2.05, 4.69) is 5.32 Å². The molecule has 1 aliphatic heterocycles. The summed E-state index contributed by atoms with van der Waals surface area (Å²) in [5.74, 6) is -0.244. The van der Waals surface area contributed by atoms with E-state index >= 15 is 0 Å². The SMILES string of the molecule is CCC1(C)C(=O)NC(=O)N1CCCC#N. The Bertz CT molecular complexity index is 321. The molecule has 0 bridgehead atoms. The second-order valence-corrected chi connectivity index (χ2v) is 3.80. The number of nitrogens with zero attached hydrogens (tertiary/aromatic N) is 2. The van der Waals surface area contributed by atoms with E-state index in [0.717, 1.165) is 0 Å². The Kier molecular flexibility index (Phi) is 3.30. The zero-order valence-corrected chi connectivity index (χ0v) is 9.04. The number of hydrogen-bond acceptors (Lipinski definition) is 3. The van der Waals surface area contributed by atoms with Gasteiger partial charge in [0, 0.05) is 13.0 Å². The van der Waals surface area contributed by atoms with Crippen LogP contribution in [0.3, 0.4) is 0 Å². The first-order valence-electron chi connectivity index (χ1n) is 5.06. The van der Waals surface area contributed by atoms with Crippen LogP contribution in [0.4, 0.5) is 4.79 Å². The fourth-order valence-electron chi connectivity index (χ4n) is 1.66. The van der Waals surface area contributed by atoms with Gasteiger partial charge in [0.25, 0.3) is 5.91 Å². The summed E-state index contributed by atoms with van der Waals surface area (Å²) in [5, 5.41) is 10.7. The molecule has 1 atom stereocenters. The smallest absolute Gasteiger partial charge is 0.310 e. The average Bonchev–Trinajstić information content (AvgIpc) is 2.42.